The van der Waals surface area contributed by atoms with Crippen LogP contribution in [-0.2, 0) is 13.1 Å². The number of aliphatic imine (C=N–C) groups is 1. The lowest BCUT2D eigenvalue weighted by Crippen LogP contribution is -2.27. The second-order valence-corrected chi connectivity index (χ2v) is 7.70. The van der Waals surface area contributed by atoms with Crippen molar-refractivity contribution < 1.29 is 0 Å². The summed E-state index contributed by atoms with van der Waals surface area (Å²) in [6.45, 7) is 1.64. The monoisotopic (exact) mass is 396 g/mol. The van der Waals surface area contributed by atoms with Crippen LogP contribution in [0, 0.1) is 0 Å². The molecule has 144 valence electrons. The predicted octanol–water partition coefficient (Wildman–Crippen LogP) is 6.89. The standard InChI is InChI=1S/C26H24N2S/c1-29-26(27-25-18-10-16-23-15-8-9-17-24(23)25)28(19-21-11-4-2-5-12-21)20-22-13-6-3-7-14-22/h2-18H,19-20H2,1H3. The zero-order chi connectivity index (χ0) is 19.9. The van der Waals surface area contributed by atoms with Crippen molar-refractivity contribution in [2.45, 2.75) is 13.1 Å². The van der Waals surface area contributed by atoms with E-state index in [9.17, 15) is 0 Å². The molecular formula is C26H24N2S. The summed E-state index contributed by atoms with van der Waals surface area (Å²) in [6, 6.07) is 35.9. The van der Waals surface area contributed by atoms with Crippen LogP contribution in [0.5, 0.6) is 0 Å². The van der Waals surface area contributed by atoms with Crippen LogP contribution in [0.2, 0.25) is 0 Å². The average Bonchev–Trinajstić information content (AvgIpc) is 2.78. The van der Waals surface area contributed by atoms with Gasteiger partial charge in [0.15, 0.2) is 5.17 Å². The molecule has 0 fully saturated rings. The molecule has 29 heavy (non-hydrogen) atoms. The summed E-state index contributed by atoms with van der Waals surface area (Å²) in [5.41, 5.74) is 3.57. The molecule has 0 atom stereocenters. The molecular weight excluding hydrogens is 372 g/mol. The first-order chi connectivity index (χ1) is 14.3. The van der Waals surface area contributed by atoms with Crippen molar-refractivity contribution in [3.05, 3.63) is 114 Å². The van der Waals surface area contributed by atoms with Crippen LogP contribution in [0.25, 0.3) is 10.8 Å². The van der Waals surface area contributed by atoms with E-state index in [2.05, 4.69) is 114 Å². The zero-order valence-electron chi connectivity index (χ0n) is 16.5. The molecule has 0 amide bonds. The molecule has 0 aliphatic carbocycles. The highest BCUT2D eigenvalue weighted by Gasteiger charge is 2.13. The number of amidine groups is 1. The van der Waals surface area contributed by atoms with Gasteiger partial charge in [0.2, 0.25) is 0 Å². The Hall–Kier alpha value is -3.04. The third kappa shape index (κ3) is 4.87. The molecule has 0 aliphatic rings. The van der Waals surface area contributed by atoms with Crippen molar-refractivity contribution in [1.82, 2.24) is 4.90 Å². The minimum atomic E-state index is 0.820. The third-order valence-corrected chi connectivity index (χ3v) is 5.58. The Bertz CT molecular complexity index is 1040. The number of hydrogen-bond acceptors (Lipinski definition) is 2. The molecule has 3 heteroatoms. The fourth-order valence-corrected chi connectivity index (χ4v) is 4.03. The van der Waals surface area contributed by atoms with Crippen LogP contribution in [0.3, 0.4) is 0 Å². The van der Waals surface area contributed by atoms with Gasteiger partial charge in [0.1, 0.15) is 0 Å². The molecule has 0 saturated heterocycles. The summed E-state index contributed by atoms with van der Waals surface area (Å²) < 4.78 is 0. The van der Waals surface area contributed by atoms with E-state index in [1.807, 2.05) is 0 Å². The van der Waals surface area contributed by atoms with E-state index < -0.39 is 0 Å². The van der Waals surface area contributed by atoms with Gasteiger partial charge in [0.25, 0.3) is 0 Å². The predicted molar refractivity (Wildman–Crippen MR) is 127 cm³/mol. The number of hydrogen-bond donors (Lipinski definition) is 0. The van der Waals surface area contributed by atoms with Crippen molar-refractivity contribution in [3.8, 4) is 0 Å². The minimum absolute atomic E-state index is 0.820. The number of nitrogens with zero attached hydrogens (tertiary/aromatic N) is 2. The van der Waals surface area contributed by atoms with Crippen LogP contribution in [0.15, 0.2) is 108 Å². The molecule has 0 saturated carbocycles. The molecule has 0 bridgehead atoms. The van der Waals surface area contributed by atoms with Crippen LogP contribution >= 0.6 is 11.8 Å². The lowest BCUT2D eigenvalue weighted by molar-refractivity contribution is 0.415. The van der Waals surface area contributed by atoms with Gasteiger partial charge in [-0.2, -0.15) is 0 Å². The summed E-state index contributed by atoms with van der Waals surface area (Å²) in [6.07, 6.45) is 2.10. The molecule has 0 N–H and O–H groups in total. The van der Waals surface area contributed by atoms with Crippen LogP contribution in [0.1, 0.15) is 11.1 Å². The average molecular weight is 397 g/mol. The second kappa shape index (κ2) is 9.44. The summed E-state index contributed by atoms with van der Waals surface area (Å²) >= 11 is 1.70. The quantitative estimate of drug-likeness (QED) is 0.269. The van der Waals surface area contributed by atoms with Gasteiger partial charge in [0, 0.05) is 18.5 Å². The molecule has 0 heterocycles. The Morgan fingerprint density at radius 2 is 1.24 bits per heavy atom. The van der Waals surface area contributed by atoms with E-state index in [-0.39, 0.29) is 0 Å². The first kappa shape index (κ1) is 19.3. The molecule has 0 spiro atoms. The van der Waals surface area contributed by atoms with Crippen molar-refractivity contribution in [1.29, 1.82) is 0 Å². The van der Waals surface area contributed by atoms with E-state index in [0.29, 0.717) is 0 Å². The largest absolute Gasteiger partial charge is 0.343 e. The Labute approximate surface area is 176 Å². The summed E-state index contributed by atoms with van der Waals surface area (Å²) in [5, 5.41) is 3.42. The van der Waals surface area contributed by atoms with Gasteiger partial charge in [0.05, 0.1) is 5.69 Å². The van der Waals surface area contributed by atoms with Crippen molar-refractivity contribution in [2.75, 3.05) is 6.26 Å². The highest BCUT2D eigenvalue weighted by Crippen LogP contribution is 2.28. The lowest BCUT2D eigenvalue weighted by atomic mass is 10.1. The second-order valence-electron chi connectivity index (χ2n) is 6.92. The van der Waals surface area contributed by atoms with Crippen LogP contribution < -0.4 is 0 Å². The first-order valence-corrected chi connectivity index (χ1v) is 11.0. The lowest BCUT2D eigenvalue weighted by Gasteiger charge is -2.25. The molecule has 0 unspecified atom stereocenters. The molecule has 4 rings (SSSR count). The highest BCUT2D eigenvalue weighted by atomic mass is 32.2. The smallest absolute Gasteiger partial charge is 0.164 e. The zero-order valence-corrected chi connectivity index (χ0v) is 17.3. The van der Waals surface area contributed by atoms with Gasteiger partial charge >= 0.3 is 0 Å². The SMILES string of the molecule is CSC(=Nc1cccc2ccccc12)N(Cc1ccccc1)Cc1ccccc1. The van der Waals surface area contributed by atoms with E-state index in [0.717, 1.165) is 23.9 Å². The Kier molecular flexibility index (Phi) is 6.28. The summed E-state index contributed by atoms with van der Waals surface area (Å²) in [4.78, 5) is 7.46. The molecule has 0 aliphatic heterocycles. The summed E-state index contributed by atoms with van der Waals surface area (Å²) in [7, 11) is 0. The number of benzene rings is 4. The normalized spacial score (nSPS) is 11.6. The molecule has 2 nitrogen and oxygen atoms in total. The van der Waals surface area contributed by atoms with Gasteiger partial charge in [-0.15, -0.1) is 0 Å². The fourth-order valence-electron chi connectivity index (χ4n) is 3.45. The number of fused-ring (bicyclic) bond motifs is 1. The van der Waals surface area contributed by atoms with Crippen molar-refractivity contribution in [3.63, 3.8) is 0 Å². The van der Waals surface area contributed by atoms with Crippen molar-refractivity contribution >= 4 is 33.4 Å². The van der Waals surface area contributed by atoms with E-state index in [1.165, 1.54) is 21.9 Å². The fraction of sp³-hybridized carbons (Fsp3) is 0.115. The Balaban J connectivity index is 1.72. The highest BCUT2D eigenvalue weighted by molar-refractivity contribution is 8.13. The van der Waals surface area contributed by atoms with Crippen LogP contribution in [-0.4, -0.2) is 16.3 Å². The summed E-state index contributed by atoms with van der Waals surface area (Å²) in [5.74, 6) is 0. The van der Waals surface area contributed by atoms with Gasteiger partial charge in [-0.3, -0.25) is 0 Å². The van der Waals surface area contributed by atoms with Gasteiger partial charge < -0.3 is 4.90 Å². The topological polar surface area (TPSA) is 15.6 Å². The number of thioether (sulfide) groups is 1. The van der Waals surface area contributed by atoms with E-state index >= 15 is 0 Å². The van der Waals surface area contributed by atoms with E-state index in [4.69, 9.17) is 4.99 Å². The maximum Gasteiger partial charge on any atom is 0.164 e. The minimum Gasteiger partial charge on any atom is -0.343 e. The third-order valence-electron chi connectivity index (χ3n) is 4.87. The molecule has 4 aromatic carbocycles. The molecule has 4 aromatic rings. The van der Waals surface area contributed by atoms with Crippen LogP contribution in [0.4, 0.5) is 5.69 Å². The van der Waals surface area contributed by atoms with Gasteiger partial charge in [-0.25, -0.2) is 4.99 Å². The van der Waals surface area contributed by atoms with Gasteiger partial charge in [-0.05, 0) is 28.8 Å². The molecule has 0 aromatic heterocycles. The van der Waals surface area contributed by atoms with E-state index in [1.54, 1.807) is 11.8 Å². The molecule has 0 radical (unpaired) electrons. The maximum atomic E-state index is 5.10. The Morgan fingerprint density at radius 1 is 0.690 bits per heavy atom. The first-order valence-electron chi connectivity index (χ1n) is 9.77. The maximum absolute atomic E-state index is 5.10. The number of rotatable bonds is 5. The van der Waals surface area contributed by atoms with Gasteiger partial charge in [-0.1, -0.05) is 109 Å². The van der Waals surface area contributed by atoms with Crippen molar-refractivity contribution in [2.24, 2.45) is 4.99 Å². The Morgan fingerprint density at radius 3 is 1.86 bits per heavy atom.